The standard InChI is InChI=1S/C20H33NO4/c1-3-20(4-2)17(22)24-19(25-18(20)23)21-16-14-12-10-8-6-5-7-9-11-13-15-16/h19H,3-15H2,1-2H3. The summed E-state index contributed by atoms with van der Waals surface area (Å²) in [6.45, 7) is 3.62. The van der Waals surface area contributed by atoms with E-state index in [1.165, 1.54) is 44.9 Å². The van der Waals surface area contributed by atoms with E-state index in [2.05, 4.69) is 4.99 Å². The van der Waals surface area contributed by atoms with Crippen molar-refractivity contribution in [3.8, 4) is 0 Å². The summed E-state index contributed by atoms with van der Waals surface area (Å²) in [7, 11) is 0. The van der Waals surface area contributed by atoms with E-state index in [4.69, 9.17) is 9.47 Å². The van der Waals surface area contributed by atoms with Crippen molar-refractivity contribution in [2.24, 2.45) is 10.4 Å². The molecule has 1 aliphatic carbocycles. The molecule has 5 nitrogen and oxygen atoms in total. The van der Waals surface area contributed by atoms with E-state index in [0.29, 0.717) is 12.8 Å². The fourth-order valence-corrected chi connectivity index (χ4v) is 3.69. The number of rotatable bonds is 3. The van der Waals surface area contributed by atoms with Crippen molar-refractivity contribution in [1.82, 2.24) is 0 Å². The lowest BCUT2D eigenvalue weighted by molar-refractivity contribution is -0.222. The van der Waals surface area contributed by atoms with Gasteiger partial charge in [0.05, 0.1) is 0 Å². The van der Waals surface area contributed by atoms with E-state index in [1.807, 2.05) is 13.8 Å². The number of hydrogen-bond donors (Lipinski definition) is 0. The third kappa shape index (κ3) is 5.29. The first-order chi connectivity index (χ1) is 12.1. The molecule has 0 aromatic carbocycles. The van der Waals surface area contributed by atoms with Crippen molar-refractivity contribution in [2.75, 3.05) is 0 Å². The highest BCUT2D eigenvalue weighted by Crippen LogP contribution is 2.34. The van der Waals surface area contributed by atoms with Crippen molar-refractivity contribution in [1.29, 1.82) is 0 Å². The Balaban J connectivity index is 2.01. The van der Waals surface area contributed by atoms with Crippen LogP contribution in [0.5, 0.6) is 0 Å². The Morgan fingerprint density at radius 1 is 0.800 bits per heavy atom. The van der Waals surface area contributed by atoms with E-state index in [9.17, 15) is 9.59 Å². The van der Waals surface area contributed by atoms with E-state index in [0.717, 1.165) is 31.4 Å². The average Bonchev–Trinajstić information content (AvgIpc) is 2.58. The summed E-state index contributed by atoms with van der Waals surface area (Å²) < 4.78 is 10.7. The number of carbonyl (C=O) groups excluding carboxylic acids is 2. The van der Waals surface area contributed by atoms with Gasteiger partial charge >= 0.3 is 18.4 Å². The van der Waals surface area contributed by atoms with Gasteiger partial charge in [-0.25, -0.2) is 4.99 Å². The molecule has 1 saturated carbocycles. The number of esters is 2. The summed E-state index contributed by atoms with van der Waals surface area (Å²) >= 11 is 0. The lowest BCUT2D eigenvalue weighted by Gasteiger charge is -2.33. The second-order valence-electron chi connectivity index (χ2n) is 7.28. The molecule has 2 aliphatic rings. The number of nitrogens with zero attached hydrogens (tertiary/aromatic N) is 1. The molecule has 1 aliphatic heterocycles. The van der Waals surface area contributed by atoms with Crippen LogP contribution in [0.15, 0.2) is 4.99 Å². The zero-order chi connectivity index (χ0) is 18.1. The molecule has 0 unspecified atom stereocenters. The summed E-state index contributed by atoms with van der Waals surface area (Å²) in [5, 5.41) is 0. The molecule has 0 radical (unpaired) electrons. The molecule has 1 heterocycles. The fraction of sp³-hybridized carbons (Fsp3) is 0.850. The van der Waals surface area contributed by atoms with Crippen LogP contribution in [0.2, 0.25) is 0 Å². The van der Waals surface area contributed by atoms with Gasteiger partial charge in [-0.1, -0.05) is 58.8 Å². The lowest BCUT2D eigenvalue weighted by Crippen LogP contribution is -2.49. The summed E-state index contributed by atoms with van der Waals surface area (Å²) in [4.78, 5) is 29.2. The highest BCUT2D eigenvalue weighted by Gasteiger charge is 2.51. The van der Waals surface area contributed by atoms with Gasteiger partial charge in [-0.3, -0.25) is 9.59 Å². The van der Waals surface area contributed by atoms with Gasteiger partial charge in [0.25, 0.3) is 0 Å². The summed E-state index contributed by atoms with van der Waals surface area (Å²) in [5.41, 5.74) is -0.130. The predicted octanol–water partition coefficient (Wildman–Crippen LogP) is 4.92. The Labute approximate surface area is 151 Å². The molecule has 25 heavy (non-hydrogen) atoms. The summed E-state index contributed by atoms with van der Waals surface area (Å²) in [6, 6.07) is 0. The van der Waals surface area contributed by atoms with Crippen LogP contribution in [0, 0.1) is 5.41 Å². The quantitative estimate of drug-likeness (QED) is 0.534. The van der Waals surface area contributed by atoms with Gasteiger partial charge in [0, 0.05) is 5.71 Å². The van der Waals surface area contributed by atoms with Crippen molar-refractivity contribution in [3.05, 3.63) is 0 Å². The largest absolute Gasteiger partial charge is 0.404 e. The molecule has 0 aromatic rings. The highest BCUT2D eigenvalue weighted by atomic mass is 16.7. The molecule has 0 N–H and O–H groups in total. The first kappa shape index (κ1) is 19.9. The van der Waals surface area contributed by atoms with Crippen molar-refractivity contribution < 1.29 is 19.1 Å². The predicted molar refractivity (Wildman–Crippen MR) is 97.2 cm³/mol. The average molecular weight is 351 g/mol. The second kappa shape index (κ2) is 9.93. The number of cyclic esters (lactones) is 2. The van der Waals surface area contributed by atoms with Gasteiger partial charge in [0.1, 0.15) is 0 Å². The van der Waals surface area contributed by atoms with Crippen molar-refractivity contribution in [2.45, 2.75) is 104 Å². The molecule has 2 rings (SSSR count). The topological polar surface area (TPSA) is 65.0 Å². The molecule has 0 atom stereocenters. The number of carbonyl (C=O) groups is 2. The Hall–Kier alpha value is -1.39. The van der Waals surface area contributed by atoms with E-state index in [1.54, 1.807) is 0 Å². The maximum Gasteiger partial charge on any atom is 0.349 e. The maximum atomic E-state index is 12.4. The first-order valence-corrected chi connectivity index (χ1v) is 10.1. The minimum Gasteiger partial charge on any atom is -0.404 e. The second-order valence-corrected chi connectivity index (χ2v) is 7.28. The van der Waals surface area contributed by atoms with Crippen LogP contribution in [0.4, 0.5) is 0 Å². The molecule has 142 valence electrons. The van der Waals surface area contributed by atoms with Crippen LogP contribution in [0.1, 0.15) is 97.3 Å². The van der Waals surface area contributed by atoms with E-state index >= 15 is 0 Å². The van der Waals surface area contributed by atoms with Crippen LogP contribution in [-0.4, -0.2) is 24.1 Å². The summed E-state index contributed by atoms with van der Waals surface area (Å²) in [5.74, 6) is -0.979. The molecule has 2 fully saturated rings. The monoisotopic (exact) mass is 351 g/mol. The number of hydrogen-bond acceptors (Lipinski definition) is 5. The Bertz CT molecular complexity index is 448. The highest BCUT2D eigenvalue weighted by molar-refractivity contribution is 6.01. The third-order valence-corrected chi connectivity index (χ3v) is 5.62. The minimum atomic E-state index is -1.15. The van der Waals surface area contributed by atoms with E-state index in [-0.39, 0.29) is 0 Å². The number of aliphatic imine (C=N–C) groups is 1. The third-order valence-electron chi connectivity index (χ3n) is 5.62. The zero-order valence-electron chi connectivity index (χ0n) is 15.8. The summed E-state index contributed by atoms with van der Waals surface area (Å²) in [6.07, 6.45) is 12.7. The number of ether oxygens (including phenoxy) is 2. The van der Waals surface area contributed by atoms with Crippen molar-refractivity contribution >= 4 is 17.7 Å². The first-order valence-electron chi connectivity index (χ1n) is 10.1. The normalized spacial score (nSPS) is 23.8. The molecule has 5 heteroatoms. The maximum absolute atomic E-state index is 12.4. The van der Waals surface area contributed by atoms with Gasteiger partial charge in [0.15, 0.2) is 5.41 Å². The van der Waals surface area contributed by atoms with E-state index < -0.39 is 23.8 Å². The van der Waals surface area contributed by atoms with Crippen LogP contribution < -0.4 is 0 Å². The van der Waals surface area contributed by atoms with Gasteiger partial charge in [-0.15, -0.1) is 0 Å². The smallest absolute Gasteiger partial charge is 0.349 e. The molecule has 0 bridgehead atoms. The van der Waals surface area contributed by atoms with Gasteiger partial charge < -0.3 is 9.47 Å². The molecule has 0 spiro atoms. The molecular formula is C20H33NO4. The molecule has 1 saturated heterocycles. The lowest BCUT2D eigenvalue weighted by atomic mass is 9.82. The van der Waals surface area contributed by atoms with Crippen molar-refractivity contribution in [3.63, 3.8) is 0 Å². The van der Waals surface area contributed by atoms with Gasteiger partial charge in [0.2, 0.25) is 0 Å². The minimum absolute atomic E-state index is 0.393. The van der Waals surface area contributed by atoms with Crippen LogP contribution in [0.3, 0.4) is 0 Å². The van der Waals surface area contributed by atoms with Crippen LogP contribution >= 0.6 is 0 Å². The molecular weight excluding hydrogens is 318 g/mol. The Morgan fingerprint density at radius 3 is 1.60 bits per heavy atom. The molecule has 0 amide bonds. The van der Waals surface area contributed by atoms with Gasteiger partial charge in [-0.2, -0.15) is 0 Å². The molecule has 0 aromatic heterocycles. The Morgan fingerprint density at radius 2 is 1.20 bits per heavy atom. The van der Waals surface area contributed by atoms with Crippen LogP contribution in [0.25, 0.3) is 0 Å². The SMILES string of the molecule is CCC1(CC)C(=O)OC(N=C2CCCCCCCCCCC2)OC1=O. The van der Waals surface area contributed by atoms with Crippen LogP contribution in [-0.2, 0) is 19.1 Å². The fourth-order valence-electron chi connectivity index (χ4n) is 3.69. The van der Waals surface area contributed by atoms with Gasteiger partial charge in [-0.05, 0) is 38.5 Å². The Kier molecular flexibility index (Phi) is 7.91. The zero-order valence-corrected chi connectivity index (χ0v) is 15.8.